The molecule has 1 amide bonds. The van der Waals surface area contributed by atoms with Crippen LogP contribution in [0.15, 0.2) is 35.0 Å². The van der Waals surface area contributed by atoms with Crippen molar-refractivity contribution in [2.45, 2.75) is 18.9 Å². The Balaban J connectivity index is 1.60. The second-order valence-corrected chi connectivity index (χ2v) is 6.11. The molecular formula is C16H18N2O4. The van der Waals surface area contributed by atoms with Crippen LogP contribution in [0.2, 0.25) is 0 Å². The summed E-state index contributed by atoms with van der Waals surface area (Å²) in [6, 6.07) is 5.40. The number of likely N-dealkylation sites (tertiary alicyclic amines) is 1. The predicted octanol–water partition coefficient (Wildman–Crippen LogP) is 0.682. The summed E-state index contributed by atoms with van der Waals surface area (Å²) in [5, 5.41) is 0. The van der Waals surface area contributed by atoms with Crippen LogP contribution in [0.1, 0.15) is 18.0 Å². The third-order valence-corrected chi connectivity index (χ3v) is 4.63. The van der Waals surface area contributed by atoms with Crippen LogP contribution < -0.4 is 5.56 Å². The van der Waals surface area contributed by atoms with Gasteiger partial charge in [0.1, 0.15) is 19.5 Å². The fourth-order valence-corrected chi connectivity index (χ4v) is 3.70. The normalized spacial score (nSPS) is 26.4. The molecule has 6 nitrogen and oxygen atoms in total. The third-order valence-electron chi connectivity index (χ3n) is 4.63. The summed E-state index contributed by atoms with van der Waals surface area (Å²) in [4.78, 5) is 26.4. The number of aromatic nitrogens is 1. The molecule has 0 radical (unpaired) electrons. The maximum Gasteiger partial charge on any atom is 0.292 e. The number of rotatable bonds is 1. The van der Waals surface area contributed by atoms with E-state index in [-0.39, 0.29) is 23.1 Å². The largest absolute Gasteiger partial charge is 0.494 e. The first-order valence-electron chi connectivity index (χ1n) is 7.66. The number of carbonyl (C=O) groups excluding carboxylic acids is 1. The minimum atomic E-state index is -0.110. The Hall–Kier alpha value is -2.24. The molecule has 1 saturated heterocycles. The molecule has 4 rings (SSSR count). The molecule has 0 N–H and O–H groups in total. The molecule has 4 heterocycles. The number of hydrogen-bond acceptors (Lipinski definition) is 4. The first kappa shape index (κ1) is 13.4. The lowest BCUT2D eigenvalue weighted by Crippen LogP contribution is -2.49. The first-order valence-corrected chi connectivity index (χ1v) is 7.66. The Morgan fingerprint density at radius 2 is 2.09 bits per heavy atom. The summed E-state index contributed by atoms with van der Waals surface area (Å²) >= 11 is 0. The third kappa shape index (κ3) is 2.19. The maximum absolute atomic E-state index is 12.5. The molecule has 0 saturated carbocycles. The van der Waals surface area contributed by atoms with Crippen LogP contribution in [0.5, 0.6) is 0 Å². The van der Waals surface area contributed by atoms with Gasteiger partial charge in [-0.15, -0.1) is 0 Å². The number of piperidine rings is 1. The zero-order chi connectivity index (χ0) is 15.1. The van der Waals surface area contributed by atoms with Gasteiger partial charge in [0.15, 0.2) is 0 Å². The summed E-state index contributed by atoms with van der Waals surface area (Å²) in [5.74, 6) is 0.716. The number of nitrogens with zero attached hydrogens (tertiary/aromatic N) is 2. The summed E-state index contributed by atoms with van der Waals surface area (Å²) in [7, 11) is 0. The second-order valence-electron chi connectivity index (χ2n) is 6.11. The van der Waals surface area contributed by atoms with E-state index in [1.54, 1.807) is 12.1 Å². The molecule has 1 aromatic heterocycles. The van der Waals surface area contributed by atoms with E-state index in [4.69, 9.17) is 9.47 Å². The second kappa shape index (κ2) is 5.19. The zero-order valence-electron chi connectivity index (χ0n) is 12.2. The molecule has 116 valence electrons. The van der Waals surface area contributed by atoms with E-state index < -0.39 is 0 Å². The molecule has 3 aliphatic rings. The number of fused-ring (bicyclic) bond motifs is 4. The number of amides is 1. The van der Waals surface area contributed by atoms with Crippen molar-refractivity contribution in [2.24, 2.45) is 5.92 Å². The van der Waals surface area contributed by atoms with Crippen molar-refractivity contribution >= 4 is 5.91 Å². The van der Waals surface area contributed by atoms with Gasteiger partial charge in [-0.1, -0.05) is 6.07 Å². The Morgan fingerprint density at radius 1 is 1.18 bits per heavy atom. The lowest BCUT2D eigenvalue weighted by molar-refractivity contribution is -0.135. The van der Waals surface area contributed by atoms with Crippen LogP contribution in [0, 0.1) is 5.92 Å². The van der Waals surface area contributed by atoms with Crippen molar-refractivity contribution in [3.8, 4) is 0 Å². The van der Waals surface area contributed by atoms with Crippen molar-refractivity contribution in [1.82, 2.24) is 9.47 Å². The van der Waals surface area contributed by atoms with Crippen LogP contribution in [-0.2, 0) is 20.8 Å². The molecule has 2 bridgehead atoms. The lowest BCUT2D eigenvalue weighted by Gasteiger charge is -2.42. The van der Waals surface area contributed by atoms with Crippen LogP contribution in [0.25, 0.3) is 0 Å². The quantitative estimate of drug-likeness (QED) is 0.765. The van der Waals surface area contributed by atoms with Crippen molar-refractivity contribution in [3.05, 3.63) is 46.3 Å². The number of carbonyl (C=O) groups is 1. The molecular weight excluding hydrogens is 284 g/mol. The Labute approximate surface area is 127 Å². The smallest absolute Gasteiger partial charge is 0.292 e. The fraction of sp³-hybridized carbons (Fsp3) is 0.500. The minimum absolute atomic E-state index is 0.0544. The number of pyridine rings is 1. The Bertz CT molecular complexity index is 694. The van der Waals surface area contributed by atoms with Crippen molar-refractivity contribution in [1.29, 1.82) is 0 Å². The molecule has 0 unspecified atom stereocenters. The highest BCUT2D eigenvalue weighted by atomic mass is 16.6. The SMILES string of the molecule is O=C(C1=COCCO1)N1C[C@@H]2C[C@H](C1)c1cccc(=O)n1C2. The van der Waals surface area contributed by atoms with Crippen molar-refractivity contribution in [3.63, 3.8) is 0 Å². The maximum atomic E-state index is 12.5. The highest BCUT2D eigenvalue weighted by Gasteiger charge is 2.37. The molecule has 1 aromatic rings. The average molecular weight is 302 g/mol. The molecule has 3 aliphatic heterocycles. The summed E-state index contributed by atoms with van der Waals surface area (Å²) in [6.07, 6.45) is 2.44. The predicted molar refractivity (Wildman–Crippen MR) is 78.1 cm³/mol. The zero-order valence-corrected chi connectivity index (χ0v) is 12.2. The van der Waals surface area contributed by atoms with Gasteiger partial charge in [0.2, 0.25) is 5.76 Å². The highest BCUT2D eigenvalue weighted by molar-refractivity contribution is 5.91. The minimum Gasteiger partial charge on any atom is -0.494 e. The van der Waals surface area contributed by atoms with E-state index in [2.05, 4.69) is 0 Å². The van der Waals surface area contributed by atoms with Crippen LogP contribution in [-0.4, -0.2) is 41.7 Å². The van der Waals surface area contributed by atoms with E-state index >= 15 is 0 Å². The van der Waals surface area contributed by atoms with Gasteiger partial charge in [0, 0.05) is 37.3 Å². The van der Waals surface area contributed by atoms with E-state index in [1.807, 2.05) is 15.5 Å². The van der Waals surface area contributed by atoms with Gasteiger partial charge < -0.3 is 18.9 Å². The van der Waals surface area contributed by atoms with Crippen LogP contribution >= 0.6 is 0 Å². The highest BCUT2D eigenvalue weighted by Crippen LogP contribution is 2.35. The van der Waals surface area contributed by atoms with E-state index in [9.17, 15) is 9.59 Å². The van der Waals surface area contributed by atoms with Gasteiger partial charge in [0.25, 0.3) is 11.5 Å². The average Bonchev–Trinajstić information content (AvgIpc) is 2.56. The van der Waals surface area contributed by atoms with Crippen molar-refractivity contribution in [2.75, 3.05) is 26.3 Å². The molecule has 1 fully saturated rings. The molecule has 0 aliphatic carbocycles. The molecule has 0 spiro atoms. The Kier molecular flexibility index (Phi) is 3.17. The van der Waals surface area contributed by atoms with Gasteiger partial charge in [-0.25, -0.2) is 0 Å². The van der Waals surface area contributed by atoms with Gasteiger partial charge in [-0.05, 0) is 18.4 Å². The van der Waals surface area contributed by atoms with Gasteiger partial charge in [0.05, 0.1) is 0 Å². The van der Waals surface area contributed by atoms with Gasteiger partial charge in [-0.3, -0.25) is 9.59 Å². The van der Waals surface area contributed by atoms with Gasteiger partial charge >= 0.3 is 0 Å². The fourth-order valence-electron chi connectivity index (χ4n) is 3.70. The molecule has 0 aromatic carbocycles. The summed E-state index contributed by atoms with van der Waals surface area (Å²) in [6.45, 7) is 2.87. The monoisotopic (exact) mass is 302 g/mol. The standard InChI is InChI=1S/C16H18N2O4/c19-15-3-1-2-13-12-6-11(8-18(13)15)7-17(9-12)16(20)14-10-21-4-5-22-14/h1-3,10-12H,4-9H2/t11-,12+/m0/s1. The lowest BCUT2D eigenvalue weighted by atomic mass is 9.83. The first-order chi connectivity index (χ1) is 10.7. The van der Waals surface area contributed by atoms with Crippen LogP contribution in [0.4, 0.5) is 0 Å². The van der Waals surface area contributed by atoms with Crippen LogP contribution in [0.3, 0.4) is 0 Å². The Morgan fingerprint density at radius 3 is 2.91 bits per heavy atom. The van der Waals surface area contributed by atoms with Crippen molar-refractivity contribution < 1.29 is 14.3 Å². The van der Waals surface area contributed by atoms with E-state index in [0.717, 1.165) is 12.1 Å². The number of ether oxygens (including phenoxy) is 2. The van der Waals surface area contributed by atoms with Gasteiger partial charge in [-0.2, -0.15) is 0 Å². The topological polar surface area (TPSA) is 60.8 Å². The summed E-state index contributed by atoms with van der Waals surface area (Å²) < 4.78 is 12.4. The molecule has 2 atom stereocenters. The molecule has 22 heavy (non-hydrogen) atoms. The van der Waals surface area contributed by atoms with E-state index in [0.29, 0.717) is 38.8 Å². The number of hydrogen-bond donors (Lipinski definition) is 0. The van der Waals surface area contributed by atoms with E-state index in [1.165, 1.54) is 6.26 Å². The summed E-state index contributed by atoms with van der Waals surface area (Å²) in [5.41, 5.74) is 1.09. The molecule has 6 heteroatoms.